The third-order valence-electron chi connectivity index (χ3n) is 5.58. The van der Waals surface area contributed by atoms with E-state index in [9.17, 15) is 4.79 Å². The Labute approximate surface area is 168 Å². The lowest BCUT2D eigenvalue weighted by atomic mass is 9.97. The zero-order valence-corrected chi connectivity index (χ0v) is 16.1. The SMILES string of the molecule is Cc1ccc(NC(=O)c2ccccc2)cc1-c1nc2n[nH]c(N)c2c2c1CCC2. The van der Waals surface area contributed by atoms with E-state index in [1.165, 1.54) is 11.1 Å². The summed E-state index contributed by atoms with van der Waals surface area (Å²) in [5.41, 5.74) is 13.6. The minimum Gasteiger partial charge on any atom is -0.384 e. The number of carbonyl (C=O) groups excluding carboxylic acids is 1. The summed E-state index contributed by atoms with van der Waals surface area (Å²) in [4.78, 5) is 17.4. The van der Waals surface area contributed by atoms with E-state index in [4.69, 9.17) is 10.7 Å². The van der Waals surface area contributed by atoms with E-state index in [2.05, 4.69) is 22.4 Å². The maximum absolute atomic E-state index is 12.6. The predicted octanol–water partition coefficient (Wildman–Crippen LogP) is 4.26. The number of nitrogen functional groups attached to an aromatic ring is 1. The smallest absolute Gasteiger partial charge is 0.255 e. The number of benzene rings is 2. The molecule has 0 saturated heterocycles. The molecule has 1 aliphatic rings. The van der Waals surface area contributed by atoms with Crippen LogP contribution in [-0.4, -0.2) is 21.1 Å². The topological polar surface area (TPSA) is 96.7 Å². The number of nitrogens with one attached hydrogen (secondary N) is 2. The molecule has 6 heteroatoms. The van der Waals surface area contributed by atoms with Gasteiger partial charge in [-0.1, -0.05) is 24.3 Å². The van der Waals surface area contributed by atoms with Gasteiger partial charge in [0.1, 0.15) is 5.82 Å². The van der Waals surface area contributed by atoms with Crippen molar-refractivity contribution in [2.45, 2.75) is 26.2 Å². The number of pyridine rings is 1. The van der Waals surface area contributed by atoms with Crippen molar-refractivity contribution in [3.63, 3.8) is 0 Å². The first-order chi connectivity index (χ1) is 14.1. The normalized spacial score (nSPS) is 12.9. The highest BCUT2D eigenvalue weighted by Gasteiger charge is 2.24. The van der Waals surface area contributed by atoms with Gasteiger partial charge >= 0.3 is 0 Å². The average Bonchev–Trinajstić information content (AvgIpc) is 3.36. The minimum atomic E-state index is -0.130. The molecule has 2 aromatic heterocycles. The number of aromatic amines is 1. The number of H-pyrrole nitrogens is 1. The van der Waals surface area contributed by atoms with Gasteiger partial charge in [0, 0.05) is 16.8 Å². The molecule has 1 amide bonds. The molecule has 0 fully saturated rings. The molecular formula is C23H21N5O. The standard InChI is InChI=1S/C23H21N5O/c1-13-10-11-15(25-23(29)14-6-3-2-4-7-14)12-18(13)20-17-9-5-8-16(17)19-21(24)27-28-22(19)26-20/h2-4,6-7,10-12H,5,8-9H2,1H3,(H,25,29)(H3,24,26,27,28). The van der Waals surface area contributed by atoms with E-state index in [1.807, 2.05) is 36.4 Å². The quantitative estimate of drug-likeness (QED) is 0.492. The van der Waals surface area contributed by atoms with Crippen LogP contribution in [0.4, 0.5) is 11.5 Å². The van der Waals surface area contributed by atoms with E-state index < -0.39 is 0 Å². The Hall–Kier alpha value is -3.67. The van der Waals surface area contributed by atoms with Crippen LogP contribution in [0, 0.1) is 6.92 Å². The molecule has 4 N–H and O–H groups in total. The fraction of sp³-hybridized carbons (Fsp3) is 0.174. The molecule has 0 saturated carbocycles. The zero-order valence-electron chi connectivity index (χ0n) is 16.1. The summed E-state index contributed by atoms with van der Waals surface area (Å²) in [6, 6.07) is 15.1. The highest BCUT2D eigenvalue weighted by molar-refractivity contribution is 6.04. The van der Waals surface area contributed by atoms with Crippen LogP contribution in [0.25, 0.3) is 22.3 Å². The molecule has 1 aliphatic carbocycles. The Morgan fingerprint density at radius 2 is 1.90 bits per heavy atom. The number of nitrogens with zero attached hydrogens (tertiary/aromatic N) is 2. The predicted molar refractivity (Wildman–Crippen MR) is 115 cm³/mol. The van der Waals surface area contributed by atoms with E-state index >= 15 is 0 Å². The van der Waals surface area contributed by atoms with Crippen molar-refractivity contribution in [1.82, 2.24) is 15.2 Å². The monoisotopic (exact) mass is 383 g/mol. The van der Waals surface area contributed by atoms with Crippen LogP contribution >= 0.6 is 0 Å². The third kappa shape index (κ3) is 2.93. The zero-order chi connectivity index (χ0) is 20.0. The third-order valence-corrected chi connectivity index (χ3v) is 5.58. The van der Waals surface area contributed by atoms with E-state index in [-0.39, 0.29) is 5.91 Å². The summed E-state index contributed by atoms with van der Waals surface area (Å²) in [6.45, 7) is 2.06. The molecule has 29 heavy (non-hydrogen) atoms. The van der Waals surface area contributed by atoms with Crippen molar-refractivity contribution in [2.75, 3.05) is 11.1 Å². The number of aromatic nitrogens is 3. The van der Waals surface area contributed by atoms with Gasteiger partial charge in [-0.2, -0.15) is 5.10 Å². The highest BCUT2D eigenvalue weighted by atomic mass is 16.1. The molecule has 6 nitrogen and oxygen atoms in total. The number of hydrogen-bond acceptors (Lipinski definition) is 4. The van der Waals surface area contributed by atoms with E-state index in [0.29, 0.717) is 17.0 Å². The number of amides is 1. The maximum Gasteiger partial charge on any atom is 0.255 e. The molecule has 0 aliphatic heterocycles. The number of fused-ring (bicyclic) bond motifs is 3. The second-order valence-corrected chi connectivity index (χ2v) is 7.46. The van der Waals surface area contributed by atoms with E-state index in [0.717, 1.165) is 47.2 Å². The van der Waals surface area contributed by atoms with Crippen LogP contribution in [0.15, 0.2) is 48.5 Å². The van der Waals surface area contributed by atoms with E-state index in [1.54, 1.807) is 12.1 Å². The Morgan fingerprint density at radius 3 is 2.72 bits per heavy atom. The van der Waals surface area contributed by atoms with Crippen molar-refractivity contribution in [1.29, 1.82) is 0 Å². The number of hydrogen-bond donors (Lipinski definition) is 3. The molecule has 0 spiro atoms. The molecule has 2 aromatic carbocycles. The lowest BCUT2D eigenvalue weighted by Crippen LogP contribution is -2.11. The van der Waals surface area contributed by atoms with Crippen LogP contribution in [0.3, 0.4) is 0 Å². The van der Waals surface area contributed by atoms with Gasteiger partial charge in [-0.05, 0) is 67.1 Å². The van der Waals surface area contributed by atoms with Crippen LogP contribution < -0.4 is 11.1 Å². The maximum atomic E-state index is 12.6. The molecular weight excluding hydrogens is 362 g/mol. The van der Waals surface area contributed by atoms with Crippen molar-refractivity contribution in [2.24, 2.45) is 0 Å². The van der Waals surface area contributed by atoms with Gasteiger partial charge in [0.05, 0.1) is 11.1 Å². The van der Waals surface area contributed by atoms with Crippen LogP contribution in [0.1, 0.15) is 33.5 Å². The second-order valence-electron chi connectivity index (χ2n) is 7.46. The number of nitrogens with two attached hydrogens (primary N) is 1. The molecule has 144 valence electrons. The van der Waals surface area contributed by atoms with Gasteiger partial charge in [0.25, 0.3) is 5.91 Å². The lowest BCUT2D eigenvalue weighted by Gasteiger charge is -2.14. The van der Waals surface area contributed by atoms with Crippen molar-refractivity contribution in [3.8, 4) is 11.3 Å². The highest BCUT2D eigenvalue weighted by Crippen LogP contribution is 2.38. The molecule has 0 bridgehead atoms. The summed E-state index contributed by atoms with van der Waals surface area (Å²) < 4.78 is 0. The summed E-state index contributed by atoms with van der Waals surface area (Å²) in [6.07, 6.45) is 3.03. The summed E-state index contributed by atoms with van der Waals surface area (Å²) >= 11 is 0. The minimum absolute atomic E-state index is 0.130. The second kappa shape index (κ2) is 6.74. The first-order valence-corrected chi connectivity index (χ1v) is 9.74. The van der Waals surface area contributed by atoms with Gasteiger partial charge in [-0.3, -0.25) is 9.89 Å². The number of carbonyl (C=O) groups is 1. The average molecular weight is 383 g/mol. The summed E-state index contributed by atoms with van der Waals surface area (Å²) in [5, 5.41) is 11.1. The molecule has 0 atom stereocenters. The van der Waals surface area contributed by atoms with Crippen LogP contribution in [0.5, 0.6) is 0 Å². The van der Waals surface area contributed by atoms with Gasteiger partial charge in [0.15, 0.2) is 5.65 Å². The van der Waals surface area contributed by atoms with Crippen molar-refractivity contribution >= 4 is 28.4 Å². The van der Waals surface area contributed by atoms with Gasteiger partial charge < -0.3 is 11.1 Å². The number of aryl methyl sites for hydroxylation is 2. The molecule has 0 radical (unpaired) electrons. The Kier molecular flexibility index (Phi) is 4.05. The van der Waals surface area contributed by atoms with Crippen LogP contribution in [0.2, 0.25) is 0 Å². The van der Waals surface area contributed by atoms with Gasteiger partial charge in [-0.15, -0.1) is 0 Å². The van der Waals surface area contributed by atoms with Crippen molar-refractivity contribution in [3.05, 3.63) is 70.8 Å². The van der Waals surface area contributed by atoms with Crippen LogP contribution in [-0.2, 0) is 12.8 Å². The summed E-state index contributed by atoms with van der Waals surface area (Å²) in [7, 11) is 0. The largest absolute Gasteiger partial charge is 0.384 e. The van der Waals surface area contributed by atoms with Gasteiger partial charge in [-0.25, -0.2) is 4.98 Å². The molecule has 5 rings (SSSR count). The van der Waals surface area contributed by atoms with Gasteiger partial charge in [0.2, 0.25) is 0 Å². The first kappa shape index (κ1) is 17.4. The molecule has 0 unspecified atom stereocenters. The molecule has 2 heterocycles. The Morgan fingerprint density at radius 1 is 1.10 bits per heavy atom. The lowest BCUT2D eigenvalue weighted by molar-refractivity contribution is 0.102. The van der Waals surface area contributed by atoms with Crippen molar-refractivity contribution < 1.29 is 4.79 Å². The Balaban J connectivity index is 1.59. The number of anilines is 2. The first-order valence-electron chi connectivity index (χ1n) is 9.74. The fourth-order valence-corrected chi connectivity index (χ4v) is 4.15. The molecule has 4 aromatic rings. The Bertz CT molecular complexity index is 1240. The fourth-order valence-electron chi connectivity index (χ4n) is 4.15. The number of rotatable bonds is 3. The summed E-state index contributed by atoms with van der Waals surface area (Å²) in [5.74, 6) is 0.451.